The molecule has 0 saturated carbocycles. The fourth-order valence-corrected chi connectivity index (χ4v) is 4.28. The molecule has 1 aliphatic rings. The number of hydrogen-bond acceptors (Lipinski definition) is 4. The van der Waals surface area contributed by atoms with Gasteiger partial charge < -0.3 is 10.6 Å². The van der Waals surface area contributed by atoms with Crippen LogP contribution in [0, 0.1) is 0 Å². The van der Waals surface area contributed by atoms with Gasteiger partial charge in [0.25, 0.3) is 5.91 Å². The summed E-state index contributed by atoms with van der Waals surface area (Å²) in [5, 5.41) is 6.01. The zero-order valence-electron chi connectivity index (χ0n) is 14.7. The number of piperidine rings is 1. The molecule has 1 heterocycles. The standard InChI is InChI=1S/C17H27N3O3S.ClH/c1-2-9-18-10-11-19-17(21)15-7-6-8-16(14-15)24(22,23)20-12-4-3-5-13-20;/h6-8,14,18H,2-5,9-13H2,1H3,(H,19,21);1H. The average molecular weight is 390 g/mol. The molecule has 0 spiro atoms. The summed E-state index contributed by atoms with van der Waals surface area (Å²) < 4.78 is 26.9. The van der Waals surface area contributed by atoms with Crippen LogP contribution in [0.4, 0.5) is 0 Å². The number of sulfonamides is 1. The third kappa shape index (κ3) is 6.26. The molecule has 0 aliphatic carbocycles. The van der Waals surface area contributed by atoms with E-state index in [2.05, 4.69) is 17.6 Å². The molecule has 6 nitrogen and oxygen atoms in total. The Morgan fingerprint density at radius 1 is 1.12 bits per heavy atom. The minimum Gasteiger partial charge on any atom is -0.351 e. The van der Waals surface area contributed by atoms with E-state index in [1.54, 1.807) is 18.2 Å². The van der Waals surface area contributed by atoms with Crippen molar-refractivity contribution < 1.29 is 13.2 Å². The summed E-state index contributed by atoms with van der Waals surface area (Å²) in [7, 11) is -3.51. The topological polar surface area (TPSA) is 78.5 Å². The van der Waals surface area contributed by atoms with Gasteiger partial charge in [-0.15, -0.1) is 12.4 Å². The van der Waals surface area contributed by atoms with Gasteiger partial charge in [-0.1, -0.05) is 19.4 Å². The minimum absolute atomic E-state index is 0. The fraction of sp³-hybridized carbons (Fsp3) is 0.588. The lowest BCUT2D eigenvalue weighted by molar-refractivity contribution is 0.0953. The van der Waals surface area contributed by atoms with Crippen LogP contribution in [0.1, 0.15) is 43.0 Å². The molecule has 1 saturated heterocycles. The fourth-order valence-electron chi connectivity index (χ4n) is 2.72. The Bertz CT molecular complexity index is 646. The summed E-state index contributed by atoms with van der Waals surface area (Å²) in [5.74, 6) is -0.246. The Kier molecular flexibility index (Phi) is 9.42. The predicted octanol–water partition coefficient (Wildman–Crippen LogP) is 2.01. The molecular weight excluding hydrogens is 362 g/mol. The van der Waals surface area contributed by atoms with Gasteiger partial charge in [0.05, 0.1) is 4.90 Å². The molecule has 1 fully saturated rings. The highest BCUT2D eigenvalue weighted by atomic mass is 35.5. The van der Waals surface area contributed by atoms with E-state index in [0.29, 0.717) is 31.7 Å². The van der Waals surface area contributed by atoms with Crippen molar-refractivity contribution in [3.63, 3.8) is 0 Å². The smallest absolute Gasteiger partial charge is 0.251 e. The lowest BCUT2D eigenvalue weighted by Gasteiger charge is -2.26. The van der Waals surface area contributed by atoms with Crippen molar-refractivity contribution in [2.45, 2.75) is 37.5 Å². The molecular formula is C17H28ClN3O3S. The summed E-state index contributed by atoms with van der Waals surface area (Å²) in [6.45, 7) is 5.33. The van der Waals surface area contributed by atoms with Crippen molar-refractivity contribution in [3.05, 3.63) is 29.8 Å². The maximum absolute atomic E-state index is 12.7. The number of benzene rings is 1. The van der Waals surface area contributed by atoms with E-state index in [-0.39, 0.29) is 23.2 Å². The summed E-state index contributed by atoms with van der Waals surface area (Å²) in [5.41, 5.74) is 0.378. The first kappa shape index (κ1) is 21.9. The molecule has 1 amide bonds. The van der Waals surface area contributed by atoms with Gasteiger partial charge in [-0.2, -0.15) is 4.31 Å². The molecule has 8 heteroatoms. The lowest BCUT2D eigenvalue weighted by Crippen LogP contribution is -2.36. The van der Waals surface area contributed by atoms with Crippen molar-refractivity contribution in [1.82, 2.24) is 14.9 Å². The van der Waals surface area contributed by atoms with Crippen LogP contribution in [0.5, 0.6) is 0 Å². The number of halogens is 1. The number of carbonyl (C=O) groups is 1. The second-order valence-corrected chi connectivity index (χ2v) is 7.94. The second-order valence-electron chi connectivity index (χ2n) is 6.00. The summed E-state index contributed by atoms with van der Waals surface area (Å²) in [4.78, 5) is 12.4. The van der Waals surface area contributed by atoms with E-state index in [1.165, 1.54) is 10.4 Å². The number of nitrogens with one attached hydrogen (secondary N) is 2. The summed E-state index contributed by atoms with van der Waals surface area (Å²) in [6, 6.07) is 6.30. The Hall–Kier alpha value is -1.15. The SMILES string of the molecule is CCCNCCNC(=O)c1cccc(S(=O)(=O)N2CCCCC2)c1.Cl. The van der Waals surface area contributed by atoms with Crippen LogP contribution < -0.4 is 10.6 Å². The maximum Gasteiger partial charge on any atom is 0.251 e. The first-order valence-electron chi connectivity index (χ1n) is 8.65. The van der Waals surface area contributed by atoms with Gasteiger partial charge in [0.2, 0.25) is 10.0 Å². The molecule has 0 unspecified atom stereocenters. The lowest BCUT2D eigenvalue weighted by atomic mass is 10.2. The zero-order valence-corrected chi connectivity index (χ0v) is 16.3. The van der Waals surface area contributed by atoms with E-state index >= 15 is 0 Å². The van der Waals surface area contributed by atoms with Gasteiger partial charge in [0.15, 0.2) is 0 Å². The van der Waals surface area contributed by atoms with Crippen molar-refractivity contribution in [2.24, 2.45) is 0 Å². The normalized spacial score (nSPS) is 15.4. The molecule has 1 aromatic carbocycles. The van der Waals surface area contributed by atoms with Crippen LogP contribution in [0.15, 0.2) is 29.2 Å². The minimum atomic E-state index is -3.51. The molecule has 25 heavy (non-hydrogen) atoms. The molecule has 142 valence electrons. The third-order valence-corrected chi connectivity index (χ3v) is 5.96. The predicted molar refractivity (Wildman–Crippen MR) is 102 cm³/mol. The van der Waals surface area contributed by atoms with Crippen LogP contribution in [-0.4, -0.2) is 51.4 Å². The molecule has 0 bridgehead atoms. The van der Waals surface area contributed by atoms with Gasteiger partial charge >= 0.3 is 0 Å². The van der Waals surface area contributed by atoms with Gasteiger partial charge in [0.1, 0.15) is 0 Å². The van der Waals surface area contributed by atoms with Gasteiger partial charge in [-0.3, -0.25) is 4.79 Å². The molecule has 1 aromatic rings. The molecule has 1 aliphatic heterocycles. The Morgan fingerprint density at radius 3 is 2.52 bits per heavy atom. The second kappa shape index (κ2) is 10.8. The van der Waals surface area contributed by atoms with Gasteiger partial charge in [0, 0.05) is 31.7 Å². The largest absolute Gasteiger partial charge is 0.351 e. The van der Waals surface area contributed by atoms with Crippen molar-refractivity contribution in [3.8, 4) is 0 Å². The summed E-state index contributed by atoms with van der Waals surface area (Å²) in [6.07, 6.45) is 3.90. The van der Waals surface area contributed by atoms with Crippen LogP contribution in [0.2, 0.25) is 0 Å². The van der Waals surface area contributed by atoms with E-state index in [0.717, 1.165) is 32.2 Å². The molecule has 0 atom stereocenters. The van der Waals surface area contributed by atoms with E-state index in [1.807, 2.05) is 0 Å². The van der Waals surface area contributed by atoms with Crippen LogP contribution in [-0.2, 0) is 10.0 Å². The van der Waals surface area contributed by atoms with E-state index in [4.69, 9.17) is 0 Å². The first-order valence-corrected chi connectivity index (χ1v) is 10.1. The molecule has 2 N–H and O–H groups in total. The highest BCUT2D eigenvalue weighted by molar-refractivity contribution is 7.89. The van der Waals surface area contributed by atoms with Gasteiger partial charge in [-0.05, 0) is 44.0 Å². The van der Waals surface area contributed by atoms with Crippen LogP contribution in [0.25, 0.3) is 0 Å². The maximum atomic E-state index is 12.7. The van der Waals surface area contributed by atoms with Crippen LogP contribution >= 0.6 is 12.4 Å². The molecule has 0 radical (unpaired) electrons. The highest BCUT2D eigenvalue weighted by Gasteiger charge is 2.26. The number of carbonyl (C=O) groups excluding carboxylic acids is 1. The number of rotatable bonds is 8. The zero-order chi connectivity index (χ0) is 17.4. The summed E-state index contributed by atoms with van der Waals surface area (Å²) >= 11 is 0. The van der Waals surface area contributed by atoms with Crippen molar-refractivity contribution in [2.75, 3.05) is 32.7 Å². The number of amides is 1. The molecule has 0 aromatic heterocycles. The Morgan fingerprint density at radius 2 is 1.84 bits per heavy atom. The first-order chi connectivity index (χ1) is 11.6. The van der Waals surface area contributed by atoms with Gasteiger partial charge in [-0.25, -0.2) is 8.42 Å². The third-order valence-electron chi connectivity index (χ3n) is 4.06. The quantitative estimate of drug-likeness (QED) is 0.666. The number of nitrogens with zero attached hydrogens (tertiary/aromatic N) is 1. The Balaban J connectivity index is 0.00000312. The van der Waals surface area contributed by atoms with E-state index < -0.39 is 10.0 Å². The monoisotopic (exact) mass is 389 g/mol. The van der Waals surface area contributed by atoms with E-state index in [9.17, 15) is 13.2 Å². The van der Waals surface area contributed by atoms with Crippen LogP contribution in [0.3, 0.4) is 0 Å². The Labute approximate surface area is 156 Å². The number of hydrogen-bond donors (Lipinski definition) is 2. The van der Waals surface area contributed by atoms with Crippen molar-refractivity contribution in [1.29, 1.82) is 0 Å². The average Bonchev–Trinajstić information content (AvgIpc) is 2.62. The highest BCUT2D eigenvalue weighted by Crippen LogP contribution is 2.21. The molecule has 2 rings (SSSR count). The van der Waals surface area contributed by atoms with Crippen molar-refractivity contribution >= 4 is 28.3 Å².